The molecule has 0 saturated heterocycles. The van der Waals surface area contributed by atoms with E-state index in [1.807, 2.05) is 24.4 Å². The summed E-state index contributed by atoms with van der Waals surface area (Å²) in [4.78, 5) is 4.26. The number of hydrogen-bond acceptors (Lipinski definition) is 2. The molecule has 0 aliphatic heterocycles. The summed E-state index contributed by atoms with van der Waals surface area (Å²) in [6, 6.07) is 6.20. The van der Waals surface area contributed by atoms with Crippen molar-refractivity contribution in [2.75, 3.05) is 0 Å². The molecule has 2 atom stereocenters. The molecule has 0 fully saturated rings. The van der Waals surface area contributed by atoms with E-state index in [0.717, 1.165) is 18.5 Å². The fourth-order valence-corrected chi connectivity index (χ4v) is 1.26. The van der Waals surface area contributed by atoms with Crippen LogP contribution in [0.1, 0.15) is 26.0 Å². The van der Waals surface area contributed by atoms with Crippen LogP contribution in [-0.2, 0) is 6.42 Å². The number of aromatic nitrogens is 1. The van der Waals surface area contributed by atoms with E-state index < -0.39 is 0 Å². The molecule has 0 amide bonds. The van der Waals surface area contributed by atoms with Gasteiger partial charge in [0, 0.05) is 24.4 Å². The fraction of sp³-hybridized carbons (Fsp3) is 0.545. The summed E-state index contributed by atoms with van der Waals surface area (Å²) in [7, 11) is 0. The minimum atomic E-state index is 0.236. The molecule has 0 bridgehead atoms. The first kappa shape index (κ1) is 10.2. The first-order valence-electron chi connectivity index (χ1n) is 4.89. The Hall–Kier alpha value is -0.890. The zero-order valence-corrected chi connectivity index (χ0v) is 8.40. The average molecular weight is 178 g/mol. The van der Waals surface area contributed by atoms with E-state index in [1.165, 1.54) is 0 Å². The molecule has 0 aliphatic carbocycles. The first-order chi connectivity index (χ1) is 6.24. The second-order valence-electron chi connectivity index (χ2n) is 3.57. The largest absolute Gasteiger partial charge is 0.327 e. The molecule has 2 unspecified atom stereocenters. The lowest BCUT2D eigenvalue weighted by Crippen LogP contribution is -2.30. The van der Waals surface area contributed by atoms with Crippen LogP contribution in [0.25, 0.3) is 0 Å². The molecule has 0 aliphatic rings. The van der Waals surface area contributed by atoms with Crippen LogP contribution in [-0.4, -0.2) is 11.0 Å². The van der Waals surface area contributed by atoms with E-state index in [-0.39, 0.29) is 6.04 Å². The van der Waals surface area contributed by atoms with Crippen molar-refractivity contribution in [3.8, 4) is 0 Å². The van der Waals surface area contributed by atoms with Gasteiger partial charge < -0.3 is 5.73 Å². The molecule has 1 aromatic heterocycles. The maximum Gasteiger partial charge on any atom is 0.0419 e. The van der Waals surface area contributed by atoms with Crippen molar-refractivity contribution >= 4 is 0 Å². The van der Waals surface area contributed by atoms with Crippen molar-refractivity contribution in [3.05, 3.63) is 30.1 Å². The molecule has 72 valence electrons. The molecule has 0 spiro atoms. The van der Waals surface area contributed by atoms with Crippen molar-refractivity contribution in [3.63, 3.8) is 0 Å². The standard InChI is InChI=1S/C11H18N2/c1-3-9(2)11(12)8-10-6-4-5-7-13-10/h4-7,9,11H,3,8,12H2,1-2H3. The molecule has 1 heterocycles. The number of rotatable bonds is 4. The lowest BCUT2D eigenvalue weighted by Gasteiger charge is -2.17. The molecule has 1 rings (SSSR count). The highest BCUT2D eigenvalue weighted by molar-refractivity contribution is 5.05. The van der Waals surface area contributed by atoms with Gasteiger partial charge in [-0.1, -0.05) is 26.3 Å². The predicted molar refractivity (Wildman–Crippen MR) is 55.4 cm³/mol. The van der Waals surface area contributed by atoms with Gasteiger partial charge in [-0.25, -0.2) is 0 Å². The summed E-state index contributed by atoms with van der Waals surface area (Å²) in [6.45, 7) is 4.36. The minimum Gasteiger partial charge on any atom is -0.327 e. The SMILES string of the molecule is CCC(C)C(N)Cc1ccccn1. The topological polar surface area (TPSA) is 38.9 Å². The highest BCUT2D eigenvalue weighted by Crippen LogP contribution is 2.09. The lowest BCUT2D eigenvalue weighted by molar-refractivity contribution is 0.437. The van der Waals surface area contributed by atoms with Gasteiger partial charge in [-0.15, -0.1) is 0 Å². The van der Waals surface area contributed by atoms with Crippen LogP contribution >= 0.6 is 0 Å². The summed E-state index contributed by atoms with van der Waals surface area (Å²) in [6.07, 6.45) is 3.84. The quantitative estimate of drug-likeness (QED) is 0.766. The Balaban J connectivity index is 2.50. The van der Waals surface area contributed by atoms with Crippen LogP contribution in [0, 0.1) is 5.92 Å². The second kappa shape index (κ2) is 4.97. The summed E-state index contributed by atoms with van der Waals surface area (Å²) in [5.41, 5.74) is 7.11. The van der Waals surface area contributed by atoms with Crippen molar-refractivity contribution in [2.45, 2.75) is 32.7 Å². The van der Waals surface area contributed by atoms with E-state index in [2.05, 4.69) is 18.8 Å². The maximum atomic E-state index is 6.02. The van der Waals surface area contributed by atoms with Crippen LogP contribution < -0.4 is 5.73 Å². The molecular weight excluding hydrogens is 160 g/mol. The Kier molecular flexibility index (Phi) is 3.90. The molecule has 0 saturated carbocycles. The van der Waals surface area contributed by atoms with Crippen LogP contribution in [0.5, 0.6) is 0 Å². The van der Waals surface area contributed by atoms with Gasteiger partial charge in [-0.2, -0.15) is 0 Å². The van der Waals surface area contributed by atoms with Crippen molar-refractivity contribution < 1.29 is 0 Å². The summed E-state index contributed by atoms with van der Waals surface area (Å²) in [5, 5.41) is 0. The Morgan fingerprint density at radius 2 is 2.23 bits per heavy atom. The zero-order valence-electron chi connectivity index (χ0n) is 8.40. The third kappa shape index (κ3) is 3.15. The maximum absolute atomic E-state index is 6.02. The zero-order chi connectivity index (χ0) is 9.68. The molecule has 2 N–H and O–H groups in total. The van der Waals surface area contributed by atoms with Gasteiger partial charge in [0.15, 0.2) is 0 Å². The molecular formula is C11H18N2. The first-order valence-corrected chi connectivity index (χ1v) is 4.89. The highest BCUT2D eigenvalue weighted by Gasteiger charge is 2.11. The third-order valence-electron chi connectivity index (χ3n) is 2.55. The van der Waals surface area contributed by atoms with Gasteiger partial charge in [0.1, 0.15) is 0 Å². The molecule has 0 radical (unpaired) electrons. The Morgan fingerprint density at radius 3 is 2.77 bits per heavy atom. The van der Waals surface area contributed by atoms with Gasteiger partial charge >= 0.3 is 0 Å². The monoisotopic (exact) mass is 178 g/mol. The van der Waals surface area contributed by atoms with Crippen LogP contribution in [0.15, 0.2) is 24.4 Å². The number of nitrogens with zero attached hydrogens (tertiary/aromatic N) is 1. The smallest absolute Gasteiger partial charge is 0.0419 e. The number of hydrogen-bond donors (Lipinski definition) is 1. The molecule has 2 nitrogen and oxygen atoms in total. The normalized spacial score (nSPS) is 15.3. The van der Waals surface area contributed by atoms with E-state index in [4.69, 9.17) is 5.73 Å². The van der Waals surface area contributed by atoms with Gasteiger partial charge in [0.25, 0.3) is 0 Å². The number of nitrogens with two attached hydrogens (primary N) is 1. The lowest BCUT2D eigenvalue weighted by atomic mass is 9.96. The highest BCUT2D eigenvalue weighted by atomic mass is 14.7. The van der Waals surface area contributed by atoms with Crippen LogP contribution in [0.4, 0.5) is 0 Å². The van der Waals surface area contributed by atoms with Crippen molar-refractivity contribution in [1.29, 1.82) is 0 Å². The van der Waals surface area contributed by atoms with Crippen molar-refractivity contribution in [1.82, 2.24) is 4.98 Å². The minimum absolute atomic E-state index is 0.236. The summed E-state index contributed by atoms with van der Waals surface area (Å²) >= 11 is 0. The van der Waals surface area contributed by atoms with Crippen LogP contribution in [0.2, 0.25) is 0 Å². The molecule has 0 aromatic carbocycles. The van der Waals surface area contributed by atoms with Gasteiger partial charge in [0.05, 0.1) is 0 Å². The summed E-state index contributed by atoms with van der Waals surface area (Å²) in [5.74, 6) is 0.571. The van der Waals surface area contributed by atoms with E-state index in [1.54, 1.807) is 0 Å². The van der Waals surface area contributed by atoms with E-state index >= 15 is 0 Å². The predicted octanol–water partition coefficient (Wildman–Crippen LogP) is 2.00. The Morgan fingerprint density at radius 1 is 1.46 bits per heavy atom. The van der Waals surface area contributed by atoms with Gasteiger partial charge in [-0.3, -0.25) is 4.98 Å². The van der Waals surface area contributed by atoms with E-state index in [9.17, 15) is 0 Å². The molecule has 1 aromatic rings. The van der Waals surface area contributed by atoms with Crippen LogP contribution in [0.3, 0.4) is 0 Å². The molecule has 2 heteroatoms. The van der Waals surface area contributed by atoms with Gasteiger partial charge in [-0.05, 0) is 18.1 Å². The Bertz CT molecular complexity index is 233. The second-order valence-corrected chi connectivity index (χ2v) is 3.57. The third-order valence-corrected chi connectivity index (χ3v) is 2.55. The average Bonchev–Trinajstić information content (AvgIpc) is 2.18. The van der Waals surface area contributed by atoms with Crippen molar-refractivity contribution in [2.24, 2.45) is 11.7 Å². The molecule has 13 heavy (non-hydrogen) atoms. The van der Waals surface area contributed by atoms with Gasteiger partial charge in [0.2, 0.25) is 0 Å². The van der Waals surface area contributed by atoms with E-state index in [0.29, 0.717) is 5.92 Å². The summed E-state index contributed by atoms with van der Waals surface area (Å²) < 4.78 is 0. The number of pyridine rings is 1. The Labute approximate surface area is 80.2 Å². The fourth-order valence-electron chi connectivity index (χ4n) is 1.26.